The minimum Gasteiger partial charge on any atom is -0.212 e. The molecule has 0 aromatic rings. The standard InChI is InChI=1S/C6H11F2NO2S3/c7-6(8)5-14(10,11)9-1-3-12-13-4-2-9/h6H,1-5H2. The second-order valence-electron chi connectivity index (χ2n) is 2.71. The van der Waals surface area contributed by atoms with Gasteiger partial charge in [-0.1, -0.05) is 21.6 Å². The third kappa shape index (κ3) is 3.92. The second kappa shape index (κ2) is 5.53. The van der Waals surface area contributed by atoms with E-state index in [2.05, 4.69) is 0 Å². The van der Waals surface area contributed by atoms with E-state index < -0.39 is 22.2 Å². The van der Waals surface area contributed by atoms with Gasteiger partial charge in [0.25, 0.3) is 6.43 Å². The van der Waals surface area contributed by atoms with Crippen LogP contribution < -0.4 is 0 Å². The number of hydrogen-bond donors (Lipinski definition) is 0. The minimum atomic E-state index is -3.75. The molecule has 0 aromatic heterocycles. The van der Waals surface area contributed by atoms with Crippen molar-refractivity contribution in [3.63, 3.8) is 0 Å². The molecule has 0 saturated carbocycles. The molecule has 0 aliphatic carbocycles. The Balaban J connectivity index is 2.60. The molecule has 0 spiro atoms. The number of hydrogen-bond acceptors (Lipinski definition) is 4. The summed E-state index contributed by atoms with van der Waals surface area (Å²) in [4.78, 5) is 0. The molecule has 1 heterocycles. The lowest BCUT2D eigenvalue weighted by molar-refractivity contribution is 0.172. The van der Waals surface area contributed by atoms with Crippen LogP contribution in [0.1, 0.15) is 0 Å². The van der Waals surface area contributed by atoms with Crippen LogP contribution in [0.2, 0.25) is 0 Å². The topological polar surface area (TPSA) is 37.4 Å². The second-order valence-corrected chi connectivity index (χ2v) is 7.43. The van der Waals surface area contributed by atoms with Crippen LogP contribution in [-0.2, 0) is 10.0 Å². The fraction of sp³-hybridized carbons (Fsp3) is 1.00. The summed E-state index contributed by atoms with van der Waals surface area (Å²) in [6.07, 6.45) is -2.79. The average molecular weight is 263 g/mol. The summed E-state index contributed by atoms with van der Waals surface area (Å²) in [6, 6.07) is 0. The van der Waals surface area contributed by atoms with Gasteiger partial charge in [-0.25, -0.2) is 21.5 Å². The van der Waals surface area contributed by atoms with Crippen molar-refractivity contribution in [2.24, 2.45) is 0 Å². The highest BCUT2D eigenvalue weighted by atomic mass is 33.1. The molecule has 8 heteroatoms. The maximum Gasteiger partial charge on any atom is 0.253 e. The summed E-state index contributed by atoms with van der Waals surface area (Å²) < 4.78 is 47.9. The predicted molar refractivity (Wildman–Crippen MR) is 56.3 cm³/mol. The Hall–Kier alpha value is 0.470. The monoisotopic (exact) mass is 263 g/mol. The normalized spacial score (nSPS) is 21.1. The first kappa shape index (κ1) is 12.5. The molecule has 0 unspecified atom stereocenters. The van der Waals surface area contributed by atoms with Crippen LogP contribution >= 0.6 is 21.6 Å². The Morgan fingerprint density at radius 1 is 1.21 bits per heavy atom. The molecule has 0 radical (unpaired) electrons. The van der Waals surface area contributed by atoms with Crippen molar-refractivity contribution in [3.05, 3.63) is 0 Å². The van der Waals surface area contributed by atoms with Gasteiger partial charge in [0.05, 0.1) is 0 Å². The summed E-state index contributed by atoms with van der Waals surface area (Å²) in [5, 5.41) is 0. The van der Waals surface area contributed by atoms with Crippen molar-refractivity contribution < 1.29 is 17.2 Å². The lowest BCUT2D eigenvalue weighted by Gasteiger charge is -2.18. The SMILES string of the molecule is O=S(=O)(CC(F)F)N1CCSSCC1. The van der Waals surface area contributed by atoms with E-state index in [0.717, 1.165) is 4.31 Å². The first-order valence-corrected chi connectivity index (χ1v) is 8.12. The molecule has 1 fully saturated rings. The van der Waals surface area contributed by atoms with Gasteiger partial charge in [-0.3, -0.25) is 0 Å². The highest BCUT2D eigenvalue weighted by Gasteiger charge is 2.26. The summed E-state index contributed by atoms with van der Waals surface area (Å²) in [5.74, 6) is 0.266. The first-order valence-electron chi connectivity index (χ1n) is 4.03. The summed E-state index contributed by atoms with van der Waals surface area (Å²) in [7, 11) is -0.594. The Morgan fingerprint density at radius 2 is 1.71 bits per heavy atom. The van der Waals surface area contributed by atoms with Crippen LogP contribution in [0.25, 0.3) is 0 Å². The molecule has 1 saturated heterocycles. The zero-order valence-electron chi connectivity index (χ0n) is 7.36. The molecule has 1 rings (SSSR count). The molecule has 0 amide bonds. The van der Waals surface area contributed by atoms with E-state index in [9.17, 15) is 17.2 Å². The zero-order valence-corrected chi connectivity index (χ0v) is 9.81. The van der Waals surface area contributed by atoms with Crippen LogP contribution in [0.4, 0.5) is 8.78 Å². The van der Waals surface area contributed by atoms with Crippen LogP contribution in [0.3, 0.4) is 0 Å². The third-order valence-electron chi connectivity index (χ3n) is 1.66. The maximum absolute atomic E-state index is 12.0. The van der Waals surface area contributed by atoms with E-state index in [1.54, 1.807) is 21.6 Å². The van der Waals surface area contributed by atoms with Gasteiger partial charge in [0.1, 0.15) is 5.75 Å². The van der Waals surface area contributed by atoms with Crippen molar-refractivity contribution in [1.29, 1.82) is 0 Å². The molecular weight excluding hydrogens is 252 g/mol. The van der Waals surface area contributed by atoms with Crippen molar-refractivity contribution in [2.45, 2.75) is 6.43 Å². The van der Waals surface area contributed by atoms with Gasteiger partial charge in [-0.2, -0.15) is 0 Å². The maximum atomic E-state index is 12.0. The van der Waals surface area contributed by atoms with Gasteiger partial charge in [0.15, 0.2) is 0 Å². The molecular formula is C6H11F2NO2S3. The molecule has 84 valence electrons. The smallest absolute Gasteiger partial charge is 0.212 e. The highest BCUT2D eigenvalue weighted by molar-refractivity contribution is 8.76. The van der Waals surface area contributed by atoms with E-state index in [1.807, 2.05) is 0 Å². The summed E-state index contributed by atoms with van der Waals surface area (Å²) in [6.45, 7) is 0.680. The van der Waals surface area contributed by atoms with E-state index in [0.29, 0.717) is 24.6 Å². The van der Waals surface area contributed by atoms with Crippen molar-refractivity contribution >= 4 is 31.6 Å². The van der Waals surface area contributed by atoms with Gasteiger partial charge in [0.2, 0.25) is 10.0 Å². The molecule has 1 aliphatic heterocycles. The van der Waals surface area contributed by atoms with Crippen LogP contribution in [0, 0.1) is 0 Å². The van der Waals surface area contributed by atoms with Crippen molar-refractivity contribution in [2.75, 3.05) is 30.3 Å². The van der Waals surface area contributed by atoms with E-state index in [4.69, 9.17) is 0 Å². The number of nitrogens with zero attached hydrogens (tertiary/aromatic N) is 1. The third-order valence-corrected chi connectivity index (χ3v) is 5.85. The number of sulfonamides is 1. The number of halogens is 2. The molecule has 0 bridgehead atoms. The number of alkyl halides is 2. The van der Waals surface area contributed by atoms with Crippen LogP contribution in [0.15, 0.2) is 0 Å². The lowest BCUT2D eigenvalue weighted by atomic mass is 10.6. The molecule has 14 heavy (non-hydrogen) atoms. The lowest BCUT2D eigenvalue weighted by Crippen LogP contribution is -2.37. The Bertz CT molecular complexity index is 262. The van der Waals surface area contributed by atoms with Gasteiger partial charge >= 0.3 is 0 Å². The van der Waals surface area contributed by atoms with Gasteiger partial charge < -0.3 is 0 Å². The fourth-order valence-corrected chi connectivity index (χ4v) is 4.53. The quantitative estimate of drug-likeness (QED) is 0.719. The largest absolute Gasteiger partial charge is 0.253 e. The van der Waals surface area contributed by atoms with Gasteiger partial charge in [-0.05, 0) is 0 Å². The van der Waals surface area contributed by atoms with Gasteiger partial charge in [-0.15, -0.1) is 0 Å². The van der Waals surface area contributed by atoms with E-state index >= 15 is 0 Å². The van der Waals surface area contributed by atoms with Crippen molar-refractivity contribution in [1.82, 2.24) is 4.31 Å². The van der Waals surface area contributed by atoms with Crippen LogP contribution in [0.5, 0.6) is 0 Å². The van der Waals surface area contributed by atoms with Crippen molar-refractivity contribution in [3.8, 4) is 0 Å². The Morgan fingerprint density at radius 3 is 2.14 bits per heavy atom. The zero-order chi connectivity index (χ0) is 10.6. The average Bonchev–Trinajstić information content (AvgIpc) is 2.28. The molecule has 0 N–H and O–H groups in total. The predicted octanol–water partition coefficient (Wildman–Crippen LogP) is 1.28. The summed E-state index contributed by atoms with van der Waals surface area (Å²) in [5.41, 5.74) is 0. The Labute approximate surface area is 90.1 Å². The van der Waals surface area contributed by atoms with E-state index in [1.165, 1.54) is 0 Å². The highest BCUT2D eigenvalue weighted by Crippen LogP contribution is 2.25. The Kier molecular flexibility index (Phi) is 4.95. The first-order chi connectivity index (χ1) is 6.52. The van der Waals surface area contributed by atoms with E-state index in [-0.39, 0.29) is 0 Å². The van der Waals surface area contributed by atoms with Crippen LogP contribution in [-0.4, -0.2) is 49.5 Å². The molecule has 1 aliphatic rings. The molecule has 0 aromatic carbocycles. The molecule has 3 nitrogen and oxygen atoms in total. The number of rotatable bonds is 3. The van der Waals surface area contributed by atoms with Gasteiger partial charge in [0, 0.05) is 24.6 Å². The molecule has 0 atom stereocenters. The summed E-state index contributed by atoms with van der Waals surface area (Å²) >= 11 is 0. The minimum absolute atomic E-state index is 0.340. The fourth-order valence-electron chi connectivity index (χ4n) is 1.05.